The molecule has 3 aromatic rings. The summed E-state index contributed by atoms with van der Waals surface area (Å²) >= 11 is 0. The van der Waals surface area contributed by atoms with E-state index in [1.54, 1.807) is 12.4 Å². The van der Waals surface area contributed by atoms with Gasteiger partial charge in [-0.1, -0.05) is 18.2 Å². The second-order valence-corrected chi connectivity index (χ2v) is 4.18. The van der Waals surface area contributed by atoms with Crippen molar-refractivity contribution in [2.45, 2.75) is 6.04 Å². The van der Waals surface area contributed by atoms with Crippen LogP contribution in [0.5, 0.6) is 0 Å². The predicted octanol–water partition coefficient (Wildman–Crippen LogP) is 1.41. The Morgan fingerprint density at radius 2 is 1.89 bits per heavy atom. The second kappa shape index (κ2) is 4.19. The number of aromatic nitrogens is 4. The first kappa shape index (κ1) is 10.9. The molecule has 2 aromatic heterocycles. The van der Waals surface area contributed by atoms with Crippen molar-refractivity contribution in [1.29, 1.82) is 0 Å². The van der Waals surface area contributed by atoms with Gasteiger partial charge in [0.05, 0.1) is 17.3 Å². The highest BCUT2D eigenvalue weighted by Crippen LogP contribution is 2.25. The normalized spacial score (nSPS) is 12.8. The number of hydrogen-bond donors (Lipinski definition) is 1. The monoisotopic (exact) mass is 239 g/mol. The van der Waals surface area contributed by atoms with Crippen LogP contribution < -0.4 is 5.73 Å². The Kier molecular flexibility index (Phi) is 2.53. The molecule has 3 rings (SSSR count). The van der Waals surface area contributed by atoms with Crippen LogP contribution in [0.1, 0.15) is 17.3 Å². The van der Waals surface area contributed by atoms with Gasteiger partial charge >= 0.3 is 0 Å². The van der Waals surface area contributed by atoms with Gasteiger partial charge in [0.15, 0.2) is 0 Å². The quantitative estimate of drug-likeness (QED) is 0.734. The third kappa shape index (κ3) is 1.65. The fourth-order valence-corrected chi connectivity index (χ4v) is 2.10. The third-order valence-electron chi connectivity index (χ3n) is 3.02. The first-order valence-electron chi connectivity index (χ1n) is 5.69. The molecule has 0 saturated heterocycles. The molecule has 0 saturated carbocycles. The molecule has 1 aromatic carbocycles. The van der Waals surface area contributed by atoms with Gasteiger partial charge in [-0.05, 0) is 6.07 Å². The summed E-state index contributed by atoms with van der Waals surface area (Å²) in [6.45, 7) is 0. The van der Waals surface area contributed by atoms with Crippen molar-refractivity contribution in [1.82, 2.24) is 19.7 Å². The molecule has 0 amide bonds. The first-order valence-corrected chi connectivity index (χ1v) is 5.69. The van der Waals surface area contributed by atoms with Gasteiger partial charge < -0.3 is 5.73 Å². The zero-order valence-electron chi connectivity index (χ0n) is 9.99. The predicted molar refractivity (Wildman–Crippen MR) is 68.8 cm³/mol. The molecule has 0 spiro atoms. The highest BCUT2D eigenvalue weighted by atomic mass is 15.3. The van der Waals surface area contributed by atoms with Gasteiger partial charge in [0.25, 0.3) is 0 Å². The van der Waals surface area contributed by atoms with Crippen molar-refractivity contribution in [2.75, 3.05) is 0 Å². The Bertz CT molecular complexity index is 674. The van der Waals surface area contributed by atoms with Gasteiger partial charge in [-0.2, -0.15) is 5.10 Å². The lowest BCUT2D eigenvalue weighted by Crippen LogP contribution is -2.13. The van der Waals surface area contributed by atoms with E-state index in [1.165, 1.54) is 6.33 Å². The number of hydrogen-bond acceptors (Lipinski definition) is 4. The molecule has 0 aliphatic heterocycles. The number of benzene rings is 1. The molecule has 0 fully saturated rings. The number of nitrogens with zero attached hydrogens (tertiary/aromatic N) is 4. The number of nitrogens with two attached hydrogens (primary N) is 1. The van der Waals surface area contributed by atoms with Crippen molar-refractivity contribution in [3.05, 3.63) is 54.2 Å². The molecule has 5 heteroatoms. The molecule has 0 aliphatic carbocycles. The summed E-state index contributed by atoms with van der Waals surface area (Å²) in [5.41, 5.74) is 9.02. The second-order valence-electron chi connectivity index (χ2n) is 4.18. The Labute approximate surface area is 104 Å². The summed E-state index contributed by atoms with van der Waals surface area (Å²) < 4.78 is 1.84. The molecule has 0 bridgehead atoms. The van der Waals surface area contributed by atoms with E-state index in [0.717, 1.165) is 22.2 Å². The van der Waals surface area contributed by atoms with E-state index in [0.29, 0.717) is 0 Å². The van der Waals surface area contributed by atoms with Gasteiger partial charge in [-0.15, -0.1) is 0 Å². The van der Waals surface area contributed by atoms with Crippen molar-refractivity contribution in [2.24, 2.45) is 12.8 Å². The molecule has 0 aliphatic rings. The average molecular weight is 239 g/mol. The Morgan fingerprint density at radius 1 is 1.17 bits per heavy atom. The summed E-state index contributed by atoms with van der Waals surface area (Å²) in [6.07, 6.45) is 4.94. The summed E-state index contributed by atoms with van der Waals surface area (Å²) in [4.78, 5) is 7.98. The minimum Gasteiger partial charge on any atom is -0.319 e. The maximum Gasteiger partial charge on any atom is 0.115 e. The van der Waals surface area contributed by atoms with Crippen LogP contribution in [0.2, 0.25) is 0 Å². The topological polar surface area (TPSA) is 69.6 Å². The molecule has 2 N–H and O–H groups in total. The summed E-state index contributed by atoms with van der Waals surface area (Å²) in [5.74, 6) is 0. The molecule has 1 unspecified atom stereocenters. The van der Waals surface area contributed by atoms with Crippen molar-refractivity contribution in [3.63, 3.8) is 0 Å². The molecule has 0 radical (unpaired) electrons. The van der Waals surface area contributed by atoms with Crippen LogP contribution in [0.15, 0.2) is 43.0 Å². The SMILES string of the molecule is Cn1nc(C(N)c2cncnc2)c2ccccc21. The van der Waals surface area contributed by atoms with Gasteiger partial charge in [0.1, 0.15) is 6.33 Å². The lowest BCUT2D eigenvalue weighted by atomic mass is 10.0. The molecule has 2 heterocycles. The zero-order chi connectivity index (χ0) is 12.5. The van der Waals surface area contributed by atoms with Crippen molar-refractivity contribution in [3.8, 4) is 0 Å². The highest BCUT2D eigenvalue weighted by Gasteiger charge is 2.17. The van der Waals surface area contributed by atoms with Crippen LogP contribution in [0.3, 0.4) is 0 Å². The van der Waals surface area contributed by atoms with E-state index in [2.05, 4.69) is 15.1 Å². The largest absolute Gasteiger partial charge is 0.319 e. The molecule has 5 nitrogen and oxygen atoms in total. The van der Waals surface area contributed by atoms with Crippen LogP contribution >= 0.6 is 0 Å². The Morgan fingerprint density at radius 3 is 2.67 bits per heavy atom. The van der Waals surface area contributed by atoms with E-state index < -0.39 is 0 Å². The van der Waals surface area contributed by atoms with Crippen LogP contribution in [-0.4, -0.2) is 19.7 Å². The summed E-state index contributed by atoms with van der Waals surface area (Å²) in [6, 6.07) is 7.73. The van der Waals surface area contributed by atoms with E-state index in [9.17, 15) is 0 Å². The fraction of sp³-hybridized carbons (Fsp3) is 0.154. The van der Waals surface area contributed by atoms with Crippen LogP contribution in [0.4, 0.5) is 0 Å². The van der Waals surface area contributed by atoms with Crippen LogP contribution in [0.25, 0.3) is 10.9 Å². The molecule has 1 atom stereocenters. The number of fused-ring (bicyclic) bond motifs is 1. The Hall–Kier alpha value is -2.27. The van der Waals surface area contributed by atoms with E-state index in [1.807, 2.05) is 36.0 Å². The average Bonchev–Trinajstić information content (AvgIpc) is 2.77. The van der Waals surface area contributed by atoms with Crippen molar-refractivity contribution >= 4 is 10.9 Å². The van der Waals surface area contributed by atoms with Gasteiger partial charge in [0, 0.05) is 30.4 Å². The smallest absolute Gasteiger partial charge is 0.115 e. The standard InChI is InChI=1S/C13H13N5/c1-18-11-5-3-2-4-10(11)13(17-18)12(14)9-6-15-8-16-7-9/h2-8,12H,14H2,1H3. The van der Waals surface area contributed by atoms with Crippen LogP contribution in [0, 0.1) is 0 Å². The minimum atomic E-state index is -0.308. The van der Waals surface area contributed by atoms with Gasteiger partial charge in [-0.25, -0.2) is 9.97 Å². The van der Waals surface area contributed by atoms with E-state index in [-0.39, 0.29) is 6.04 Å². The lowest BCUT2D eigenvalue weighted by Gasteiger charge is -2.08. The van der Waals surface area contributed by atoms with Crippen molar-refractivity contribution < 1.29 is 0 Å². The number of aryl methyl sites for hydroxylation is 1. The summed E-state index contributed by atoms with van der Waals surface area (Å²) in [7, 11) is 1.92. The summed E-state index contributed by atoms with van der Waals surface area (Å²) in [5, 5.41) is 5.57. The molecular weight excluding hydrogens is 226 g/mol. The number of rotatable bonds is 2. The van der Waals surface area contributed by atoms with Crippen LogP contribution in [-0.2, 0) is 7.05 Å². The zero-order valence-corrected chi connectivity index (χ0v) is 9.99. The maximum atomic E-state index is 6.24. The fourth-order valence-electron chi connectivity index (χ4n) is 2.10. The minimum absolute atomic E-state index is 0.308. The lowest BCUT2D eigenvalue weighted by molar-refractivity contribution is 0.728. The maximum absolute atomic E-state index is 6.24. The first-order chi connectivity index (χ1) is 8.77. The molecule has 90 valence electrons. The van der Waals surface area contributed by atoms with Gasteiger partial charge in [0.2, 0.25) is 0 Å². The van der Waals surface area contributed by atoms with E-state index >= 15 is 0 Å². The van der Waals surface area contributed by atoms with E-state index in [4.69, 9.17) is 5.73 Å². The highest BCUT2D eigenvalue weighted by molar-refractivity contribution is 5.82. The van der Waals surface area contributed by atoms with Gasteiger partial charge in [-0.3, -0.25) is 4.68 Å². The third-order valence-corrected chi connectivity index (χ3v) is 3.02. The Balaban J connectivity index is 2.15. The molecule has 18 heavy (non-hydrogen) atoms. The number of para-hydroxylation sites is 1. The molecular formula is C13H13N5.